The predicted molar refractivity (Wildman–Crippen MR) is 93.0 cm³/mol. The maximum absolute atomic E-state index is 12.9. The Kier molecular flexibility index (Phi) is 4.24. The molecule has 8 heteroatoms. The molecular formula is C18H20N6O2. The van der Waals surface area contributed by atoms with Crippen LogP contribution in [0, 0.1) is 13.8 Å². The number of rotatable bonds is 4. The molecule has 4 heterocycles. The predicted octanol–water partition coefficient (Wildman–Crippen LogP) is 2.38. The Morgan fingerprint density at radius 3 is 3.04 bits per heavy atom. The molecule has 3 aromatic rings. The molecule has 3 aromatic heterocycles. The zero-order chi connectivity index (χ0) is 18.1. The Morgan fingerprint density at radius 1 is 1.42 bits per heavy atom. The van der Waals surface area contributed by atoms with E-state index < -0.39 is 0 Å². The van der Waals surface area contributed by atoms with Crippen molar-refractivity contribution in [1.29, 1.82) is 0 Å². The molecule has 1 aliphatic rings. The number of H-pyrrole nitrogens is 1. The smallest absolute Gasteiger partial charge is 0.230 e. The van der Waals surface area contributed by atoms with Crippen molar-refractivity contribution in [3.8, 4) is 11.4 Å². The summed E-state index contributed by atoms with van der Waals surface area (Å²) in [7, 11) is 0. The van der Waals surface area contributed by atoms with Gasteiger partial charge in [-0.05, 0) is 38.8 Å². The first kappa shape index (κ1) is 16.4. The summed E-state index contributed by atoms with van der Waals surface area (Å²) in [6.45, 7) is 4.55. The molecule has 0 saturated carbocycles. The minimum absolute atomic E-state index is 0.0227. The second-order valence-electron chi connectivity index (χ2n) is 6.51. The average Bonchev–Trinajstić information content (AvgIpc) is 3.36. The van der Waals surface area contributed by atoms with Crippen LogP contribution in [0.1, 0.15) is 41.7 Å². The third-order valence-corrected chi connectivity index (χ3v) is 4.77. The van der Waals surface area contributed by atoms with E-state index in [1.165, 1.54) is 0 Å². The third kappa shape index (κ3) is 2.98. The van der Waals surface area contributed by atoms with Gasteiger partial charge in [-0.1, -0.05) is 5.16 Å². The van der Waals surface area contributed by atoms with E-state index in [9.17, 15) is 4.79 Å². The van der Waals surface area contributed by atoms with Crippen molar-refractivity contribution < 1.29 is 9.32 Å². The zero-order valence-corrected chi connectivity index (χ0v) is 14.8. The van der Waals surface area contributed by atoms with Crippen LogP contribution in [0.5, 0.6) is 0 Å². The molecule has 134 valence electrons. The molecule has 0 bridgehead atoms. The van der Waals surface area contributed by atoms with Crippen LogP contribution >= 0.6 is 0 Å². The number of aromatic nitrogens is 5. The summed E-state index contributed by atoms with van der Waals surface area (Å²) in [6, 6.07) is 3.74. The zero-order valence-electron chi connectivity index (χ0n) is 14.8. The van der Waals surface area contributed by atoms with Crippen LogP contribution < -0.4 is 0 Å². The van der Waals surface area contributed by atoms with Gasteiger partial charge in [0.05, 0.1) is 18.2 Å². The van der Waals surface area contributed by atoms with Gasteiger partial charge in [-0.15, -0.1) is 0 Å². The first-order valence-electron chi connectivity index (χ1n) is 8.67. The van der Waals surface area contributed by atoms with E-state index >= 15 is 0 Å². The van der Waals surface area contributed by atoms with Crippen LogP contribution in [0.3, 0.4) is 0 Å². The number of aromatic amines is 1. The number of pyridine rings is 1. The lowest BCUT2D eigenvalue weighted by Crippen LogP contribution is -2.32. The van der Waals surface area contributed by atoms with E-state index in [1.807, 2.05) is 30.9 Å². The van der Waals surface area contributed by atoms with Crippen molar-refractivity contribution in [3.63, 3.8) is 0 Å². The van der Waals surface area contributed by atoms with Gasteiger partial charge < -0.3 is 9.42 Å². The highest BCUT2D eigenvalue weighted by atomic mass is 16.5. The fourth-order valence-electron chi connectivity index (χ4n) is 3.57. The van der Waals surface area contributed by atoms with Crippen molar-refractivity contribution in [3.05, 3.63) is 47.4 Å². The number of carbonyl (C=O) groups is 1. The maximum Gasteiger partial charge on any atom is 0.230 e. The molecule has 0 aliphatic carbocycles. The van der Waals surface area contributed by atoms with Crippen molar-refractivity contribution in [1.82, 2.24) is 30.2 Å². The quantitative estimate of drug-likeness (QED) is 0.774. The minimum Gasteiger partial charge on any atom is -0.361 e. The van der Waals surface area contributed by atoms with E-state index in [2.05, 4.69) is 25.3 Å². The summed E-state index contributed by atoms with van der Waals surface area (Å²) < 4.78 is 5.28. The fraction of sp³-hybridized carbons (Fsp3) is 0.389. The molecule has 0 radical (unpaired) electrons. The summed E-state index contributed by atoms with van der Waals surface area (Å²) in [4.78, 5) is 23.3. The van der Waals surface area contributed by atoms with Gasteiger partial charge in [0.15, 0.2) is 5.82 Å². The first-order chi connectivity index (χ1) is 12.6. The Hall–Kier alpha value is -3.03. The molecule has 1 amide bonds. The van der Waals surface area contributed by atoms with Gasteiger partial charge in [0.1, 0.15) is 11.6 Å². The highest BCUT2D eigenvalue weighted by Crippen LogP contribution is 2.35. The van der Waals surface area contributed by atoms with Gasteiger partial charge in [0, 0.05) is 30.1 Å². The number of likely N-dealkylation sites (tertiary alicyclic amines) is 1. The van der Waals surface area contributed by atoms with Gasteiger partial charge in [0.25, 0.3) is 0 Å². The van der Waals surface area contributed by atoms with E-state index in [4.69, 9.17) is 4.52 Å². The number of carbonyl (C=O) groups excluding carboxylic acids is 1. The SMILES string of the molecule is Cc1noc(C)c1[C@H]1CCCN1C(=O)Cc1nc(-c2cccnc2)n[nH]1. The van der Waals surface area contributed by atoms with Crippen LogP contribution in [0.2, 0.25) is 0 Å². The fourth-order valence-corrected chi connectivity index (χ4v) is 3.57. The van der Waals surface area contributed by atoms with Crippen molar-refractivity contribution in [2.24, 2.45) is 0 Å². The largest absolute Gasteiger partial charge is 0.361 e. The lowest BCUT2D eigenvalue weighted by molar-refractivity contribution is -0.131. The summed E-state index contributed by atoms with van der Waals surface area (Å²) in [6.07, 6.45) is 5.47. The van der Waals surface area contributed by atoms with Crippen molar-refractivity contribution in [2.45, 2.75) is 39.2 Å². The number of amides is 1. The third-order valence-electron chi connectivity index (χ3n) is 4.77. The highest BCUT2D eigenvalue weighted by Gasteiger charge is 2.34. The van der Waals surface area contributed by atoms with Gasteiger partial charge >= 0.3 is 0 Å². The van der Waals surface area contributed by atoms with E-state index in [0.29, 0.717) is 11.6 Å². The van der Waals surface area contributed by atoms with Crippen LogP contribution in [0.4, 0.5) is 0 Å². The summed E-state index contributed by atoms with van der Waals surface area (Å²) in [5.41, 5.74) is 2.70. The summed E-state index contributed by atoms with van der Waals surface area (Å²) in [5.74, 6) is 1.91. The number of nitrogens with zero attached hydrogens (tertiary/aromatic N) is 5. The molecule has 0 unspecified atom stereocenters. The van der Waals surface area contributed by atoms with Gasteiger partial charge in [-0.3, -0.25) is 14.9 Å². The molecule has 0 spiro atoms. The van der Waals surface area contributed by atoms with Crippen LogP contribution in [0.25, 0.3) is 11.4 Å². The summed E-state index contributed by atoms with van der Waals surface area (Å²) >= 11 is 0. The normalized spacial score (nSPS) is 17.0. The van der Waals surface area contributed by atoms with Gasteiger partial charge in [-0.2, -0.15) is 5.10 Å². The molecule has 1 fully saturated rings. The van der Waals surface area contributed by atoms with E-state index in [-0.39, 0.29) is 18.4 Å². The van der Waals surface area contributed by atoms with Gasteiger partial charge in [0.2, 0.25) is 5.91 Å². The average molecular weight is 352 g/mol. The Bertz CT molecular complexity index is 897. The molecule has 1 aliphatic heterocycles. The molecule has 4 rings (SSSR count). The number of nitrogens with one attached hydrogen (secondary N) is 1. The van der Waals surface area contributed by atoms with Crippen LogP contribution in [0.15, 0.2) is 29.0 Å². The van der Waals surface area contributed by atoms with Gasteiger partial charge in [-0.25, -0.2) is 4.98 Å². The van der Waals surface area contributed by atoms with Crippen molar-refractivity contribution >= 4 is 5.91 Å². The number of hydrogen-bond acceptors (Lipinski definition) is 6. The topological polar surface area (TPSA) is 101 Å². The maximum atomic E-state index is 12.9. The first-order valence-corrected chi connectivity index (χ1v) is 8.67. The monoisotopic (exact) mass is 352 g/mol. The highest BCUT2D eigenvalue weighted by molar-refractivity contribution is 5.79. The lowest BCUT2D eigenvalue weighted by Gasteiger charge is -2.24. The van der Waals surface area contributed by atoms with E-state index in [0.717, 1.165) is 42.0 Å². The second-order valence-corrected chi connectivity index (χ2v) is 6.51. The summed E-state index contributed by atoms with van der Waals surface area (Å²) in [5, 5.41) is 11.1. The van der Waals surface area contributed by atoms with Crippen molar-refractivity contribution in [2.75, 3.05) is 6.54 Å². The molecule has 1 atom stereocenters. The lowest BCUT2D eigenvalue weighted by atomic mass is 10.0. The van der Waals surface area contributed by atoms with E-state index in [1.54, 1.807) is 12.4 Å². The minimum atomic E-state index is 0.0227. The van der Waals surface area contributed by atoms with Crippen LogP contribution in [-0.2, 0) is 11.2 Å². The molecular weight excluding hydrogens is 332 g/mol. The molecule has 1 saturated heterocycles. The number of hydrogen-bond donors (Lipinski definition) is 1. The molecule has 8 nitrogen and oxygen atoms in total. The van der Waals surface area contributed by atoms with Crippen LogP contribution in [-0.4, -0.2) is 42.7 Å². The second kappa shape index (κ2) is 6.70. The Balaban J connectivity index is 1.50. The standard InChI is InChI=1S/C18H20N6O2/c1-11-17(12(2)26-23-11)14-6-4-8-24(14)16(25)9-15-20-18(22-21-15)13-5-3-7-19-10-13/h3,5,7,10,14H,4,6,8-9H2,1-2H3,(H,20,21,22)/t14-/m1/s1. The molecule has 26 heavy (non-hydrogen) atoms. The molecule has 1 N–H and O–H groups in total. The number of aryl methyl sites for hydroxylation is 2. The Morgan fingerprint density at radius 2 is 2.31 bits per heavy atom. The Labute approximate surface area is 150 Å². The molecule has 0 aromatic carbocycles.